The maximum atomic E-state index is 13.4. The summed E-state index contributed by atoms with van der Waals surface area (Å²) in [5.74, 6) is 0.359. The molecule has 1 aliphatic heterocycles. The molecule has 1 heterocycles. The van der Waals surface area contributed by atoms with E-state index in [0.29, 0.717) is 28.6 Å². The van der Waals surface area contributed by atoms with Gasteiger partial charge in [0, 0.05) is 24.2 Å². The van der Waals surface area contributed by atoms with Gasteiger partial charge < -0.3 is 9.64 Å². The first kappa shape index (κ1) is 22.2. The van der Waals surface area contributed by atoms with Crippen molar-refractivity contribution >= 4 is 38.9 Å². The molecule has 0 bridgehead atoms. The van der Waals surface area contributed by atoms with Crippen LogP contribution in [0.3, 0.4) is 0 Å². The number of nitrogens with zero attached hydrogens (tertiary/aromatic N) is 2. The molecule has 0 saturated heterocycles. The monoisotopic (exact) mass is 470 g/mol. The lowest BCUT2D eigenvalue weighted by Crippen LogP contribution is -2.36. The Bertz CT molecular complexity index is 1260. The predicted molar refractivity (Wildman–Crippen MR) is 126 cm³/mol. The van der Waals surface area contributed by atoms with Crippen molar-refractivity contribution in [3.8, 4) is 5.75 Å². The lowest BCUT2D eigenvalue weighted by atomic mass is 10.00. The number of hydrogen-bond acceptors (Lipinski definition) is 4. The highest BCUT2D eigenvalue weighted by Gasteiger charge is 2.28. The van der Waals surface area contributed by atoms with Crippen LogP contribution in [-0.4, -0.2) is 35.0 Å². The molecule has 0 aliphatic carbocycles. The minimum Gasteiger partial charge on any atom is -0.495 e. The zero-order chi connectivity index (χ0) is 22.9. The van der Waals surface area contributed by atoms with Gasteiger partial charge >= 0.3 is 0 Å². The number of carbonyl (C=O) groups is 1. The van der Waals surface area contributed by atoms with E-state index in [9.17, 15) is 13.2 Å². The fraction of sp³-hybridized carbons (Fsp3) is 0.208. The molecule has 6 nitrogen and oxygen atoms in total. The van der Waals surface area contributed by atoms with Crippen molar-refractivity contribution in [2.24, 2.45) is 0 Å². The van der Waals surface area contributed by atoms with E-state index in [1.807, 2.05) is 18.2 Å². The molecular formula is C24H23ClN2O4S. The molecule has 166 valence electrons. The summed E-state index contributed by atoms with van der Waals surface area (Å²) in [5, 5.41) is 0.436. The average Bonchev–Trinajstić information content (AvgIpc) is 2.82. The molecule has 1 amide bonds. The molecule has 3 aromatic rings. The molecule has 0 spiro atoms. The second kappa shape index (κ2) is 8.84. The van der Waals surface area contributed by atoms with Crippen LogP contribution in [0.2, 0.25) is 5.02 Å². The molecule has 0 saturated carbocycles. The van der Waals surface area contributed by atoms with Gasteiger partial charge in [-0.15, -0.1) is 0 Å². The van der Waals surface area contributed by atoms with Crippen molar-refractivity contribution in [2.75, 3.05) is 29.9 Å². The maximum Gasteiger partial charge on any atom is 0.264 e. The zero-order valence-electron chi connectivity index (χ0n) is 17.8. The number of benzene rings is 3. The number of ether oxygens (including phenoxy) is 1. The summed E-state index contributed by atoms with van der Waals surface area (Å²) < 4.78 is 33.1. The Labute approximate surface area is 193 Å². The molecule has 32 heavy (non-hydrogen) atoms. The van der Waals surface area contributed by atoms with E-state index in [2.05, 4.69) is 0 Å². The molecule has 0 radical (unpaired) electrons. The number of sulfonamides is 1. The van der Waals surface area contributed by atoms with Crippen molar-refractivity contribution < 1.29 is 17.9 Å². The summed E-state index contributed by atoms with van der Waals surface area (Å²) in [5.41, 5.74) is 2.51. The van der Waals surface area contributed by atoms with Crippen molar-refractivity contribution in [2.45, 2.75) is 17.7 Å². The van der Waals surface area contributed by atoms with Crippen molar-refractivity contribution in [3.63, 3.8) is 0 Å². The fourth-order valence-corrected chi connectivity index (χ4v) is 5.32. The van der Waals surface area contributed by atoms with Crippen molar-refractivity contribution in [1.82, 2.24) is 0 Å². The first-order valence-electron chi connectivity index (χ1n) is 10.2. The molecule has 0 N–H and O–H groups in total. The Morgan fingerprint density at radius 1 is 1.06 bits per heavy atom. The minimum absolute atomic E-state index is 0.0306. The summed E-state index contributed by atoms with van der Waals surface area (Å²) in [6.45, 7) is 0.533. The standard InChI is InChI=1S/C24H23ClN2O4S/c1-26(20-11-5-10-19(25)16-20)32(29,30)21-12-3-8-18(15-21)24(28)27-14-6-9-17-7-4-13-22(31-2)23(17)27/h3-5,7-8,10-13,15-16H,6,9,14H2,1-2H3. The van der Waals surface area contributed by atoms with E-state index in [-0.39, 0.29) is 10.8 Å². The molecule has 0 aromatic heterocycles. The van der Waals surface area contributed by atoms with Gasteiger partial charge in [0.2, 0.25) is 0 Å². The number of fused-ring (bicyclic) bond motifs is 1. The van der Waals surface area contributed by atoms with E-state index in [1.165, 1.54) is 19.2 Å². The molecular weight excluding hydrogens is 448 g/mol. The third-order valence-electron chi connectivity index (χ3n) is 5.56. The summed E-state index contributed by atoms with van der Waals surface area (Å²) in [6, 6.07) is 18.4. The van der Waals surface area contributed by atoms with Crippen LogP contribution < -0.4 is 13.9 Å². The Kier molecular flexibility index (Phi) is 6.13. The quantitative estimate of drug-likeness (QED) is 0.539. The van der Waals surface area contributed by atoms with Crippen LogP contribution in [0, 0.1) is 0 Å². The summed E-state index contributed by atoms with van der Waals surface area (Å²) in [6.07, 6.45) is 1.68. The van der Waals surface area contributed by atoms with Crippen LogP contribution in [0.4, 0.5) is 11.4 Å². The third kappa shape index (κ3) is 4.06. The zero-order valence-corrected chi connectivity index (χ0v) is 19.4. The summed E-state index contributed by atoms with van der Waals surface area (Å²) in [7, 11) is -0.855. The van der Waals surface area contributed by atoms with Crippen LogP contribution in [-0.2, 0) is 16.4 Å². The molecule has 0 atom stereocenters. The molecule has 1 aliphatic rings. The first-order valence-corrected chi connectivity index (χ1v) is 12.0. The highest BCUT2D eigenvalue weighted by Crippen LogP contribution is 2.37. The second-order valence-electron chi connectivity index (χ2n) is 7.51. The normalized spacial score (nSPS) is 13.4. The van der Waals surface area contributed by atoms with E-state index in [0.717, 1.165) is 28.4 Å². The van der Waals surface area contributed by atoms with Crippen LogP contribution in [0.15, 0.2) is 71.6 Å². The predicted octanol–water partition coefficient (Wildman–Crippen LogP) is 4.77. The van der Waals surface area contributed by atoms with Gasteiger partial charge in [-0.05, 0) is 60.9 Å². The minimum atomic E-state index is -3.89. The number of halogens is 1. The van der Waals surface area contributed by atoms with Gasteiger partial charge in [0.1, 0.15) is 5.75 Å². The Morgan fingerprint density at radius 2 is 1.81 bits per heavy atom. The highest BCUT2D eigenvalue weighted by molar-refractivity contribution is 7.92. The number of methoxy groups -OCH3 is 1. The third-order valence-corrected chi connectivity index (χ3v) is 7.57. The largest absolute Gasteiger partial charge is 0.495 e. The number of anilines is 2. The molecule has 3 aromatic carbocycles. The molecule has 0 fully saturated rings. The second-order valence-corrected chi connectivity index (χ2v) is 9.91. The number of amides is 1. The van der Waals surface area contributed by atoms with Gasteiger partial charge in [-0.1, -0.05) is 35.9 Å². The van der Waals surface area contributed by atoms with Crippen LogP contribution in [0.25, 0.3) is 0 Å². The van der Waals surface area contributed by atoms with Gasteiger partial charge in [-0.3, -0.25) is 9.10 Å². The fourth-order valence-electron chi connectivity index (χ4n) is 3.90. The van der Waals surface area contributed by atoms with Crippen LogP contribution in [0.5, 0.6) is 5.75 Å². The Hall–Kier alpha value is -3.03. The van der Waals surface area contributed by atoms with E-state index in [1.54, 1.807) is 48.4 Å². The van der Waals surface area contributed by atoms with Crippen molar-refractivity contribution in [3.05, 3.63) is 82.9 Å². The number of carbonyl (C=O) groups excluding carboxylic acids is 1. The maximum absolute atomic E-state index is 13.4. The lowest BCUT2D eigenvalue weighted by Gasteiger charge is -2.31. The number of rotatable bonds is 5. The summed E-state index contributed by atoms with van der Waals surface area (Å²) in [4.78, 5) is 15.1. The van der Waals surface area contributed by atoms with Crippen LogP contribution in [0.1, 0.15) is 22.3 Å². The average molecular weight is 471 g/mol. The van der Waals surface area contributed by atoms with Crippen LogP contribution >= 0.6 is 11.6 Å². The Morgan fingerprint density at radius 3 is 2.56 bits per heavy atom. The van der Waals surface area contributed by atoms with Gasteiger partial charge in [0.05, 0.1) is 23.4 Å². The molecule has 8 heteroatoms. The number of aryl methyl sites for hydroxylation is 1. The topological polar surface area (TPSA) is 66.9 Å². The molecule has 4 rings (SSSR count). The SMILES string of the molecule is COc1cccc2c1N(C(=O)c1cccc(S(=O)(=O)N(C)c3cccc(Cl)c3)c1)CCC2. The Balaban J connectivity index is 1.69. The highest BCUT2D eigenvalue weighted by atomic mass is 35.5. The summed E-state index contributed by atoms with van der Waals surface area (Å²) >= 11 is 6.02. The van der Waals surface area contributed by atoms with E-state index < -0.39 is 10.0 Å². The number of hydrogen-bond donors (Lipinski definition) is 0. The molecule has 0 unspecified atom stereocenters. The lowest BCUT2D eigenvalue weighted by molar-refractivity contribution is 0.0984. The van der Waals surface area contributed by atoms with Crippen molar-refractivity contribution in [1.29, 1.82) is 0 Å². The first-order chi connectivity index (χ1) is 15.3. The van der Waals surface area contributed by atoms with E-state index >= 15 is 0 Å². The number of para-hydroxylation sites is 1. The van der Waals surface area contributed by atoms with E-state index in [4.69, 9.17) is 16.3 Å². The van der Waals surface area contributed by atoms with Gasteiger partial charge in [-0.2, -0.15) is 0 Å². The van der Waals surface area contributed by atoms with Gasteiger partial charge in [-0.25, -0.2) is 8.42 Å². The smallest absolute Gasteiger partial charge is 0.264 e. The van der Waals surface area contributed by atoms with Gasteiger partial charge in [0.25, 0.3) is 15.9 Å². The van der Waals surface area contributed by atoms with Gasteiger partial charge in [0.15, 0.2) is 0 Å².